The molecule has 0 bridgehead atoms. The van der Waals surface area contributed by atoms with E-state index in [1.165, 1.54) is 12.1 Å². The summed E-state index contributed by atoms with van der Waals surface area (Å²) in [5, 5.41) is 4.54. The van der Waals surface area contributed by atoms with Crippen molar-refractivity contribution in [2.24, 2.45) is 4.99 Å². The maximum Gasteiger partial charge on any atom is 0.231 e. The number of fused-ring (bicyclic) bond motifs is 2. The lowest BCUT2D eigenvalue weighted by Crippen LogP contribution is -2.56. The molecule has 4 aliphatic heterocycles. The molecule has 190 valence electrons. The number of ether oxygens (including phenoxy) is 3. The van der Waals surface area contributed by atoms with E-state index in [0.717, 1.165) is 77.8 Å². The van der Waals surface area contributed by atoms with Gasteiger partial charge in [0.1, 0.15) is 11.7 Å². The van der Waals surface area contributed by atoms with Crippen molar-refractivity contribution in [3.05, 3.63) is 71.6 Å². The van der Waals surface area contributed by atoms with Gasteiger partial charge in [-0.25, -0.2) is 14.4 Å². The summed E-state index contributed by atoms with van der Waals surface area (Å²) in [6.45, 7) is 4.30. The van der Waals surface area contributed by atoms with Gasteiger partial charge >= 0.3 is 0 Å². The molecule has 0 saturated carbocycles. The molecule has 2 saturated heterocycles. The highest BCUT2D eigenvalue weighted by Crippen LogP contribution is 2.45. The molecule has 7 rings (SSSR count). The molecule has 0 radical (unpaired) electrons. The number of rotatable bonds is 3. The summed E-state index contributed by atoms with van der Waals surface area (Å²) < 4.78 is 33.3. The number of anilines is 1. The van der Waals surface area contributed by atoms with Gasteiger partial charge in [-0.15, -0.1) is 0 Å². The van der Waals surface area contributed by atoms with Crippen molar-refractivity contribution in [1.82, 2.24) is 14.6 Å². The van der Waals surface area contributed by atoms with Crippen LogP contribution in [0.5, 0.6) is 11.5 Å². The Balaban J connectivity index is 1.30. The number of piperidine rings is 1. The molecule has 37 heavy (non-hydrogen) atoms. The molecule has 2 fully saturated rings. The molecule has 3 aromatic rings. The van der Waals surface area contributed by atoms with Crippen molar-refractivity contribution < 1.29 is 18.6 Å². The molecular formula is C28H28FN5O3. The van der Waals surface area contributed by atoms with Crippen LogP contribution in [0.3, 0.4) is 0 Å². The Hall–Kier alpha value is -3.85. The van der Waals surface area contributed by atoms with Crippen LogP contribution >= 0.6 is 0 Å². The smallest absolute Gasteiger partial charge is 0.231 e. The van der Waals surface area contributed by atoms with Gasteiger partial charge in [0.25, 0.3) is 0 Å². The summed E-state index contributed by atoms with van der Waals surface area (Å²) in [6.07, 6.45) is 9.40. The quantitative estimate of drug-likeness (QED) is 0.510. The second-order valence-electron chi connectivity index (χ2n) is 9.88. The maximum absolute atomic E-state index is 13.8. The van der Waals surface area contributed by atoms with Crippen LogP contribution in [0.2, 0.25) is 0 Å². The average Bonchev–Trinajstić information content (AvgIpc) is 3.64. The van der Waals surface area contributed by atoms with Crippen molar-refractivity contribution in [1.29, 1.82) is 0 Å². The van der Waals surface area contributed by atoms with Crippen LogP contribution in [0.15, 0.2) is 59.5 Å². The topological polar surface area (TPSA) is 64.4 Å². The van der Waals surface area contributed by atoms with E-state index in [1.807, 2.05) is 35.9 Å². The molecule has 1 aromatic heterocycles. The Morgan fingerprint density at radius 3 is 2.62 bits per heavy atom. The monoisotopic (exact) mass is 501 g/mol. The number of nitrogens with zero attached hydrogens (tertiary/aromatic N) is 5. The van der Waals surface area contributed by atoms with E-state index in [2.05, 4.69) is 27.1 Å². The van der Waals surface area contributed by atoms with Gasteiger partial charge in [-0.2, -0.15) is 0 Å². The maximum atomic E-state index is 13.8. The van der Waals surface area contributed by atoms with Crippen molar-refractivity contribution in [3.8, 4) is 17.2 Å². The first kappa shape index (κ1) is 22.4. The van der Waals surface area contributed by atoms with Gasteiger partial charge in [-0.3, -0.25) is 10.0 Å². The standard InChI is InChI=1S/C28H28FN5O3/c1-19-16-32(17-30-19)24-9-4-20(25-26(24)37-18-36-25)15-21-3-2-12-33-27(21)31-28(10-13-35-14-11-28)34(33)23-7-5-22(29)6-8-23/h4-9,15-17H,2-3,10-14,18H2,1H3. The van der Waals surface area contributed by atoms with Crippen molar-refractivity contribution in [2.45, 2.75) is 38.3 Å². The first-order valence-corrected chi connectivity index (χ1v) is 12.8. The second kappa shape index (κ2) is 8.62. The van der Waals surface area contributed by atoms with Gasteiger partial charge < -0.3 is 18.8 Å². The number of benzene rings is 2. The van der Waals surface area contributed by atoms with E-state index in [9.17, 15) is 4.39 Å². The van der Waals surface area contributed by atoms with Gasteiger partial charge in [0.2, 0.25) is 6.79 Å². The average molecular weight is 502 g/mol. The molecule has 0 aliphatic carbocycles. The van der Waals surface area contributed by atoms with Crippen LogP contribution in [0, 0.1) is 12.7 Å². The van der Waals surface area contributed by atoms with E-state index in [0.29, 0.717) is 13.2 Å². The Labute approximate surface area is 214 Å². The fourth-order valence-corrected chi connectivity index (χ4v) is 5.78. The number of hydrogen-bond acceptors (Lipinski definition) is 7. The Kier molecular flexibility index (Phi) is 5.21. The number of hydrazine groups is 1. The molecule has 5 heterocycles. The number of aliphatic imine (C=N–C) groups is 1. The van der Waals surface area contributed by atoms with Crippen LogP contribution in [-0.2, 0) is 4.74 Å². The zero-order valence-corrected chi connectivity index (χ0v) is 20.7. The van der Waals surface area contributed by atoms with Gasteiger partial charge in [0.15, 0.2) is 17.2 Å². The third kappa shape index (κ3) is 3.68. The summed E-state index contributed by atoms with van der Waals surface area (Å²) in [5.41, 5.74) is 4.48. The Bertz CT molecular complexity index is 1410. The molecule has 0 atom stereocenters. The molecule has 0 N–H and O–H groups in total. The molecule has 4 aliphatic rings. The van der Waals surface area contributed by atoms with E-state index in [-0.39, 0.29) is 12.6 Å². The zero-order valence-electron chi connectivity index (χ0n) is 20.7. The highest BCUT2D eigenvalue weighted by Gasteiger charge is 2.49. The van der Waals surface area contributed by atoms with Crippen LogP contribution in [0.1, 0.15) is 36.9 Å². The van der Waals surface area contributed by atoms with E-state index in [4.69, 9.17) is 19.2 Å². The highest BCUT2D eigenvalue weighted by atomic mass is 19.1. The largest absolute Gasteiger partial charge is 0.453 e. The third-order valence-corrected chi connectivity index (χ3v) is 7.51. The predicted octanol–water partition coefficient (Wildman–Crippen LogP) is 4.87. The number of halogens is 1. The summed E-state index contributed by atoms with van der Waals surface area (Å²) in [4.78, 5) is 9.71. The minimum absolute atomic E-state index is 0.185. The first-order chi connectivity index (χ1) is 18.1. The number of amidine groups is 1. The molecule has 2 aromatic carbocycles. The summed E-state index contributed by atoms with van der Waals surface area (Å²) in [7, 11) is 0. The fraction of sp³-hybridized carbons (Fsp3) is 0.357. The van der Waals surface area contributed by atoms with Crippen molar-refractivity contribution in [3.63, 3.8) is 0 Å². The van der Waals surface area contributed by atoms with Gasteiger partial charge in [0.05, 0.1) is 36.6 Å². The lowest BCUT2D eigenvalue weighted by Gasteiger charge is -2.45. The molecule has 9 heteroatoms. The number of aromatic nitrogens is 2. The lowest BCUT2D eigenvalue weighted by atomic mass is 9.99. The van der Waals surface area contributed by atoms with Gasteiger partial charge in [-0.1, -0.05) is 0 Å². The van der Waals surface area contributed by atoms with Crippen LogP contribution in [0.25, 0.3) is 11.8 Å². The van der Waals surface area contributed by atoms with Gasteiger partial charge in [0, 0.05) is 31.1 Å². The Morgan fingerprint density at radius 2 is 1.84 bits per heavy atom. The summed E-state index contributed by atoms with van der Waals surface area (Å²) in [6, 6.07) is 10.8. The normalized spacial score (nSPS) is 21.0. The summed E-state index contributed by atoms with van der Waals surface area (Å²) >= 11 is 0. The third-order valence-electron chi connectivity index (χ3n) is 7.51. The first-order valence-electron chi connectivity index (χ1n) is 12.8. The highest BCUT2D eigenvalue weighted by molar-refractivity contribution is 6.05. The number of hydrogen-bond donors (Lipinski definition) is 0. The Morgan fingerprint density at radius 1 is 1.03 bits per heavy atom. The van der Waals surface area contributed by atoms with Crippen LogP contribution in [-0.4, -0.2) is 52.6 Å². The zero-order chi connectivity index (χ0) is 25.0. The van der Waals surface area contributed by atoms with Crippen molar-refractivity contribution in [2.75, 3.05) is 31.6 Å². The van der Waals surface area contributed by atoms with Crippen LogP contribution < -0.4 is 14.5 Å². The predicted molar refractivity (Wildman–Crippen MR) is 137 cm³/mol. The SMILES string of the molecule is Cc1cn(-c2ccc(C=C3CCCN4C3=NC3(CCOCC3)N4c3ccc(F)cc3)c3c2OCO3)cn1. The number of aryl methyl sites for hydroxylation is 1. The number of imidazole rings is 1. The summed E-state index contributed by atoms with van der Waals surface area (Å²) in [5.74, 6) is 2.19. The minimum atomic E-state index is -0.431. The van der Waals surface area contributed by atoms with E-state index < -0.39 is 5.66 Å². The van der Waals surface area contributed by atoms with Crippen LogP contribution in [0.4, 0.5) is 10.1 Å². The fourth-order valence-electron chi connectivity index (χ4n) is 5.78. The molecule has 0 unspecified atom stereocenters. The molecule has 0 amide bonds. The second-order valence-corrected chi connectivity index (χ2v) is 9.88. The minimum Gasteiger partial charge on any atom is -0.453 e. The van der Waals surface area contributed by atoms with Gasteiger partial charge in [-0.05, 0) is 67.8 Å². The molecular weight excluding hydrogens is 473 g/mol. The van der Waals surface area contributed by atoms with E-state index >= 15 is 0 Å². The molecule has 1 spiro atoms. The lowest BCUT2D eigenvalue weighted by molar-refractivity contribution is 0.0460. The van der Waals surface area contributed by atoms with E-state index in [1.54, 1.807) is 6.33 Å². The van der Waals surface area contributed by atoms with Crippen molar-refractivity contribution >= 4 is 17.6 Å². The molecule has 8 nitrogen and oxygen atoms in total.